The molecule has 92 valence electrons. The van der Waals surface area contributed by atoms with Gasteiger partial charge in [-0.2, -0.15) is 0 Å². The third-order valence-electron chi connectivity index (χ3n) is 2.51. The fraction of sp³-hybridized carbons (Fsp3) is 0.556. The maximum absolute atomic E-state index is 11.0. The second-order valence-corrected chi connectivity index (χ2v) is 4.07. The quantitative estimate of drug-likeness (QED) is 0.486. The molecule has 0 aromatic carbocycles. The molecular formula is C9H12N4O3S. The largest absolute Gasteiger partial charge is 0.378 e. The first-order valence-electron chi connectivity index (χ1n) is 5.17. The Kier molecular flexibility index (Phi) is 3.34. The number of rotatable bonds is 2. The number of aromatic amines is 1. The SMILES string of the molecule is Cc1nc(=S)c([N+](=O)[O-])c(N2CCOCC2)[nH]1. The number of nitrogens with one attached hydrogen (secondary N) is 1. The summed E-state index contributed by atoms with van der Waals surface area (Å²) in [6.45, 7) is 4.05. The number of H-pyrrole nitrogens is 1. The summed E-state index contributed by atoms with van der Waals surface area (Å²) >= 11 is 4.94. The van der Waals surface area contributed by atoms with Gasteiger partial charge in [0.05, 0.1) is 18.1 Å². The summed E-state index contributed by atoms with van der Waals surface area (Å²) in [5.74, 6) is 0.998. The molecule has 0 radical (unpaired) electrons. The van der Waals surface area contributed by atoms with E-state index in [-0.39, 0.29) is 10.3 Å². The molecular weight excluding hydrogens is 244 g/mol. The first kappa shape index (κ1) is 11.9. The number of ether oxygens (including phenoxy) is 1. The minimum absolute atomic E-state index is 0.0211. The van der Waals surface area contributed by atoms with Gasteiger partial charge in [-0.05, 0) is 6.92 Å². The lowest BCUT2D eigenvalue weighted by Crippen LogP contribution is -2.37. The van der Waals surface area contributed by atoms with Crippen LogP contribution in [0.1, 0.15) is 5.82 Å². The maximum Gasteiger partial charge on any atom is 0.345 e. The zero-order valence-electron chi connectivity index (χ0n) is 9.30. The van der Waals surface area contributed by atoms with Crippen LogP contribution in [0.2, 0.25) is 0 Å². The standard InChI is InChI=1S/C9H12N4O3S/c1-6-10-8(12-2-4-16-5-3-12)7(13(14)15)9(17)11-6/h2-5H2,1H3,(H,10,11,17). The topological polar surface area (TPSA) is 84.3 Å². The number of anilines is 1. The molecule has 0 atom stereocenters. The Bertz CT molecular complexity index is 496. The summed E-state index contributed by atoms with van der Waals surface area (Å²) in [6.07, 6.45) is 0. The van der Waals surface area contributed by atoms with E-state index < -0.39 is 4.92 Å². The molecule has 1 aromatic heterocycles. The van der Waals surface area contributed by atoms with Crippen molar-refractivity contribution in [3.63, 3.8) is 0 Å². The summed E-state index contributed by atoms with van der Waals surface area (Å²) in [7, 11) is 0. The van der Waals surface area contributed by atoms with Crippen molar-refractivity contribution in [2.24, 2.45) is 0 Å². The van der Waals surface area contributed by atoms with E-state index in [9.17, 15) is 10.1 Å². The highest BCUT2D eigenvalue weighted by atomic mass is 32.1. The lowest BCUT2D eigenvalue weighted by Gasteiger charge is -2.27. The van der Waals surface area contributed by atoms with E-state index in [1.807, 2.05) is 4.90 Å². The number of nitrogens with zero attached hydrogens (tertiary/aromatic N) is 3. The Labute approximate surface area is 103 Å². The van der Waals surface area contributed by atoms with Gasteiger partial charge in [-0.25, -0.2) is 4.98 Å². The van der Waals surface area contributed by atoms with Gasteiger partial charge in [0.15, 0.2) is 5.82 Å². The fourth-order valence-electron chi connectivity index (χ4n) is 1.75. The normalized spacial score (nSPS) is 15.9. The summed E-state index contributed by atoms with van der Waals surface area (Å²) in [5.41, 5.74) is -0.132. The molecule has 0 amide bonds. The first-order chi connectivity index (χ1) is 8.09. The highest BCUT2D eigenvalue weighted by molar-refractivity contribution is 7.71. The van der Waals surface area contributed by atoms with E-state index in [1.54, 1.807) is 6.92 Å². The van der Waals surface area contributed by atoms with Crippen molar-refractivity contribution in [2.45, 2.75) is 6.92 Å². The van der Waals surface area contributed by atoms with Crippen LogP contribution in [0.15, 0.2) is 0 Å². The molecule has 8 heteroatoms. The first-order valence-corrected chi connectivity index (χ1v) is 5.58. The second kappa shape index (κ2) is 4.76. The molecule has 17 heavy (non-hydrogen) atoms. The number of hydrogen-bond donors (Lipinski definition) is 1. The van der Waals surface area contributed by atoms with Gasteiger partial charge in [0.2, 0.25) is 4.64 Å². The predicted molar refractivity (Wildman–Crippen MR) is 63.8 cm³/mol. The Morgan fingerprint density at radius 2 is 2.18 bits per heavy atom. The zero-order chi connectivity index (χ0) is 12.4. The molecule has 0 saturated carbocycles. The van der Waals surface area contributed by atoms with E-state index in [2.05, 4.69) is 9.97 Å². The van der Waals surface area contributed by atoms with Crippen LogP contribution < -0.4 is 4.90 Å². The molecule has 1 aromatic rings. The number of morpholine rings is 1. The monoisotopic (exact) mass is 256 g/mol. The molecule has 2 heterocycles. The molecule has 0 unspecified atom stereocenters. The average molecular weight is 256 g/mol. The molecule has 1 aliphatic rings. The van der Waals surface area contributed by atoms with Crippen molar-refractivity contribution >= 4 is 23.7 Å². The summed E-state index contributed by atoms with van der Waals surface area (Å²) < 4.78 is 5.24. The molecule has 1 aliphatic heterocycles. The maximum atomic E-state index is 11.0. The lowest BCUT2D eigenvalue weighted by molar-refractivity contribution is -0.385. The minimum atomic E-state index is -0.490. The highest BCUT2D eigenvalue weighted by Gasteiger charge is 2.24. The Morgan fingerprint density at radius 3 is 2.76 bits per heavy atom. The van der Waals surface area contributed by atoms with Crippen LogP contribution in [0.25, 0.3) is 0 Å². The van der Waals surface area contributed by atoms with Crippen LogP contribution in [-0.2, 0) is 4.74 Å². The van der Waals surface area contributed by atoms with E-state index >= 15 is 0 Å². The zero-order valence-corrected chi connectivity index (χ0v) is 10.1. The van der Waals surface area contributed by atoms with Crippen molar-refractivity contribution in [3.05, 3.63) is 20.6 Å². The lowest BCUT2D eigenvalue weighted by atomic mass is 10.3. The fourth-order valence-corrected chi connectivity index (χ4v) is 2.05. The Morgan fingerprint density at radius 1 is 1.53 bits per heavy atom. The Balaban J connectivity index is 2.50. The number of aromatic nitrogens is 2. The van der Waals surface area contributed by atoms with Gasteiger partial charge in [0.25, 0.3) is 0 Å². The second-order valence-electron chi connectivity index (χ2n) is 3.68. The van der Waals surface area contributed by atoms with E-state index in [0.717, 1.165) is 0 Å². The van der Waals surface area contributed by atoms with Crippen LogP contribution in [0.5, 0.6) is 0 Å². The molecule has 0 spiro atoms. The molecule has 1 fully saturated rings. The van der Waals surface area contributed by atoms with Gasteiger partial charge in [0.1, 0.15) is 5.82 Å². The van der Waals surface area contributed by atoms with E-state index in [0.29, 0.717) is 37.9 Å². The van der Waals surface area contributed by atoms with Gasteiger partial charge in [-0.3, -0.25) is 10.1 Å². The average Bonchev–Trinajstić information content (AvgIpc) is 2.28. The predicted octanol–water partition coefficient (Wildman–Crippen LogP) is 1.19. The molecule has 0 bridgehead atoms. The third kappa shape index (κ3) is 2.42. The number of hydrogen-bond acceptors (Lipinski definition) is 6. The third-order valence-corrected chi connectivity index (χ3v) is 2.79. The molecule has 7 nitrogen and oxygen atoms in total. The van der Waals surface area contributed by atoms with Gasteiger partial charge < -0.3 is 14.6 Å². The molecule has 2 rings (SSSR count). The Hall–Kier alpha value is -1.54. The minimum Gasteiger partial charge on any atom is -0.378 e. The van der Waals surface area contributed by atoms with E-state index in [1.165, 1.54) is 0 Å². The van der Waals surface area contributed by atoms with Crippen molar-refractivity contribution in [1.29, 1.82) is 0 Å². The summed E-state index contributed by atoms with van der Waals surface area (Å²) in [5, 5.41) is 11.0. The van der Waals surface area contributed by atoms with Gasteiger partial charge in [-0.15, -0.1) is 0 Å². The molecule has 1 N–H and O–H groups in total. The number of nitro groups is 1. The van der Waals surface area contributed by atoms with Crippen LogP contribution >= 0.6 is 12.2 Å². The van der Waals surface area contributed by atoms with Crippen molar-refractivity contribution < 1.29 is 9.66 Å². The van der Waals surface area contributed by atoms with Crippen LogP contribution in [0.4, 0.5) is 11.5 Å². The van der Waals surface area contributed by atoms with Crippen LogP contribution in [0, 0.1) is 21.7 Å². The summed E-state index contributed by atoms with van der Waals surface area (Å²) in [6, 6.07) is 0. The van der Waals surface area contributed by atoms with Crippen molar-refractivity contribution in [3.8, 4) is 0 Å². The van der Waals surface area contributed by atoms with Crippen LogP contribution in [-0.4, -0.2) is 41.2 Å². The van der Waals surface area contributed by atoms with Gasteiger partial charge >= 0.3 is 5.69 Å². The van der Waals surface area contributed by atoms with Gasteiger partial charge in [-0.1, -0.05) is 12.2 Å². The summed E-state index contributed by atoms with van der Waals surface area (Å²) in [4.78, 5) is 19.2. The molecule has 1 saturated heterocycles. The smallest absolute Gasteiger partial charge is 0.345 e. The van der Waals surface area contributed by atoms with Crippen molar-refractivity contribution in [2.75, 3.05) is 31.2 Å². The van der Waals surface area contributed by atoms with Crippen molar-refractivity contribution in [1.82, 2.24) is 9.97 Å². The van der Waals surface area contributed by atoms with Crippen LogP contribution in [0.3, 0.4) is 0 Å². The van der Waals surface area contributed by atoms with Gasteiger partial charge in [0, 0.05) is 13.1 Å². The van der Waals surface area contributed by atoms with E-state index in [4.69, 9.17) is 17.0 Å². The molecule has 0 aliphatic carbocycles. The number of aryl methyl sites for hydroxylation is 1. The highest BCUT2D eigenvalue weighted by Crippen LogP contribution is 2.26.